The summed E-state index contributed by atoms with van der Waals surface area (Å²) in [6.45, 7) is 16.7. The van der Waals surface area contributed by atoms with E-state index in [0.717, 1.165) is 24.3 Å². The van der Waals surface area contributed by atoms with Crippen LogP contribution >= 0.6 is 0 Å². The normalized spacial score (nSPS) is 24.5. The van der Waals surface area contributed by atoms with Gasteiger partial charge in [0.1, 0.15) is 5.82 Å². The van der Waals surface area contributed by atoms with Crippen LogP contribution in [-0.4, -0.2) is 52.1 Å². The second-order valence-corrected chi connectivity index (χ2v) is 8.70. The SMILES string of the molecule is CC(C)CN1CCC([C@H]2c3nccn3CCCN2CC(C)C)CC1. The molecule has 3 heterocycles. The molecule has 0 aromatic carbocycles. The second-order valence-electron chi connectivity index (χ2n) is 8.70. The summed E-state index contributed by atoms with van der Waals surface area (Å²) in [6, 6.07) is 0.520. The lowest BCUT2D eigenvalue weighted by atomic mass is 9.87. The molecule has 0 N–H and O–H groups in total. The largest absolute Gasteiger partial charge is 0.334 e. The molecule has 0 spiro atoms. The first-order valence-corrected chi connectivity index (χ1v) is 10.0. The van der Waals surface area contributed by atoms with Crippen LogP contribution in [0.5, 0.6) is 0 Å². The lowest BCUT2D eigenvalue weighted by Crippen LogP contribution is -2.43. The van der Waals surface area contributed by atoms with Crippen molar-refractivity contribution in [3.8, 4) is 0 Å². The zero-order valence-electron chi connectivity index (χ0n) is 16.1. The molecule has 2 aliphatic rings. The van der Waals surface area contributed by atoms with Crippen LogP contribution in [0.25, 0.3) is 0 Å². The van der Waals surface area contributed by atoms with E-state index in [0.29, 0.717) is 6.04 Å². The van der Waals surface area contributed by atoms with Gasteiger partial charge in [-0.1, -0.05) is 27.7 Å². The highest BCUT2D eigenvalue weighted by Gasteiger charge is 2.35. The standard InChI is InChI=1S/C20H36N4/c1-16(2)14-22-11-6-18(7-12-22)19-20-21-8-13-23(20)9-5-10-24(19)15-17(3)4/h8,13,16-19H,5-7,9-12,14-15H2,1-4H3/t19-/m0/s1. The van der Waals surface area contributed by atoms with Crippen LogP contribution in [0.15, 0.2) is 12.4 Å². The van der Waals surface area contributed by atoms with E-state index in [1.54, 1.807) is 0 Å². The first-order chi connectivity index (χ1) is 11.5. The van der Waals surface area contributed by atoms with Crippen LogP contribution in [-0.2, 0) is 6.54 Å². The molecule has 1 fully saturated rings. The van der Waals surface area contributed by atoms with Crippen molar-refractivity contribution in [2.45, 2.75) is 59.5 Å². The highest BCUT2D eigenvalue weighted by Crippen LogP contribution is 2.37. The Hall–Kier alpha value is -0.870. The predicted octanol–water partition coefficient (Wildman–Crippen LogP) is 3.65. The quantitative estimate of drug-likeness (QED) is 0.822. The van der Waals surface area contributed by atoms with E-state index in [2.05, 4.69) is 48.3 Å². The fraction of sp³-hybridized carbons (Fsp3) is 0.850. The number of rotatable bonds is 5. The number of nitrogens with zero attached hydrogens (tertiary/aromatic N) is 4. The fourth-order valence-corrected chi connectivity index (χ4v) is 4.67. The Bertz CT molecular complexity index is 499. The summed E-state index contributed by atoms with van der Waals surface area (Å²) in [5.74, 6) is 3.58. The Balaban J connectivity index is 1.75. The topological polar surface area (TPSA) is 24.3 Å². The van der Waals surface area contributed by atoms with Crippen molar-refractivity contribution < 1.29 is 0 Å². The molecule has 0 saturated carbocycles. The van der Waals surface area contributed by atoms with Gasteiger partial charge < -0.3 is 9.47 Å². The van der Waals surface area contributed by atoms with Crippen LogP contribution in [0.3, 0.4) is 0 Å². The monoisotopic (exact) mass is 332 g/mol. The van der Waals surface area contributed by atoms with Crippen LogP contribution in [0, 0.1) is 17.8 Å². The van der Waals surface area contributed by atoms with Crippen molar-refractivity contribution in [3.63, 3.8) is 0 Å². The summed E-state index contributed by atoms with van der Waals surface area (Å²) in [4.78, 5) is 10.2. The minimum absolute atomic E-state index is 0.520. The summed E-state index contributed by atoms with van der Waals surface area (Å²) < 4.78 is 2.42. The molecule has 4 heteroatoms. The van der Waals surface area contributed by atoms with E-state index in [4.69, 9.17) is 4.98 Å². The minimum Gasteiger partial charge on any atom is -0.334 e. The maximum absolute atomic E-state index is 4.81. The number of hydrogen-bond donors (Lipinski definition) is 0. The molecule has 24 heavy (non-hydrogen) atoms. The summed E-state index contributed by atoms with van der Waals surface area (Å²) in [6.07, 6.45) is 8.08. The van der Waals surface area contributed by atoms with Crippen molar-refractivity contribution >= 4 is 0 Å². The summed E-state index contributed by atoms with van der Waals surface area (Å²) in [7, 11) is 0. The molecule has 0 unspecified atom stereocenters. The molecule has 4 nitrogen and oxygen atoms in total. The van der Waals surface area contributed by atoms with Crippen molar-refractivity contribution in [3.05, 3.63) is 18.2 Å². The van der Waals surface area contributed by atoms with Crippen molar-refractivity contribution in [2.24, 2.45) is 17.8 Å². The highest BCUT2D eigenvalue weighted by atomic mass is 15.2. The summed E-state index contributed by atoms with van der Waals surface area (Å²) in [5.41, 5.74) is 0. The average molecular weight is 333 g/mol. The van der Waals surface area contributed by atoms with E-state index in [1.165, 1.54) is 57.8 Å². The van der Waals surface area contributed by atoms with Gasteiger partial charge in [0.25, 0.3) is 0 Å². The summed E-state index contributed by atoms with van der Waals surface area (Å²) >= 11 is 0. The Morgan fingerprint density at radius 1 is 1.00 bits per heavy atom. The third kappa shape index (κ3) is 4.20. The minimum atomic E-state index is 0.520. The molecular formula is C20H36N4. The Kier molecular flexibility index (Phi) is 5.98. The van der Waals surface area contributed by atoms with Crippen LogP contribution in [0.1, 0.15) is 58.8 Å². The molecule has 0 radical (unpaired) electrons. The third-order valence-corrected chi connectivity index (χ3v) is 5.55. The Labute approximate surface area is 148 Å². The molecule has 1 saturated heterocycles. The van der Waals surface area contributed by atoms with Gasteiger partial charge in [0.05, 0.1) is 6.04 Å². The van der Waals surface area contributed by atoms with E-state index < -0.39 is 0 Å². The fourth-order valence-electron chi connectivity index (χ4n) is 4.67. The first kappa shape index (κ1) is 17.9. The van der Waals surface area contributed by atoms with E-state index in [1.807, 2.05) is 6.20 Å². The molecule has 1 aromatic rings. The second kappa shape index (κ2) is 8.01. The Morgan fingerprint density at radius 2 is 1.71 bits per heavy atom. The van der Waals surface area contributed by atoms with Gasteiger partial charge in [-0.2, -0.15) is 0 Å². The van der Waals surface area contributed by atoms with Gasteiger partial charge in [0, 0.05) is 38.6 Å². The predicted molar refractivity (Wildman–Crippen MR) is 100.0 cm³/mol. The van der Waals surface area contributed by atoms with Crippen LogP contribution in [0.4, 0.5) is 0 Å². The van der Waals surface area contributed by atoms with E-state index >= 15 is 0 Å². The van der Waals surface area contributed by atoms with Crippen molar-refractivity contribution in [1.82, 2.24) is 19.4 Å². The molecule has 2 aliphatic heterocycles. The van der Waals surface area contributed by atoms with Gasteiger partial charge in [0.2, 0.25) is 0 Å². The van der Waals surface area contributed by atoms with Gasteiger partial charge in [-0.15, -0.1) is 0 Å². The van der Waals surface area contributed by atoms with E-state index in [9.17, 15) is 0 Å². The molecule has 0 aliphatic carbocycles. The van der Waals surface area contributed by atoms with Gasteiger partial charge in [-0.3, -0.25) is 4.90 Å². The molecule has 3 rings (SSSR count). The van der Waals surface area contributed by atoms with Crippen LogP contribution < -0.4 is 0 Å². The molecule has 0 amide bonds. The number of imidazole rings is 1. The van der Waals surface area contributed by atoms with Crippen molar-refractivity contribution in [1.29, 1.82) is 0 Å². The number of fused-ring (bicyclic) bond motifs is 1. The zero-order valence-corrected chi connectivity index (χ0v) is 16.1. The molecule has 0 bridgehead atoms. The number of aryl methyl sites for hydroxylation is 1. The number of aromatic nitrogens is 2. The first-order valence-electron chi connectivity index (χ1n) is 10.0. The van der Waals surface area contributed by atoms with Gasteiger partial charge in [-0.25, -0.2) is 4.98 Å². The maximum Gasteiger partial charge on any atom is 0.126 e. The zero-order chi connectivity index (χ0) is 17.1. The lowest BCUT2D eigenvalue weighted by molar-refractivity contribution is 0.0729. The van der Waals surface area contributed by atoms with Crippen LogP contribution in [0.2, 0.25) is 0 Å². The number of hydrogen-bond acceptors (Lipinski definition) is 3. The third-order valence-electron chi connectivity index (χ3n) is 5.55. The van der Waals surface area contributed by atoms with Gasteiger partial charge in [-0.05, 0) is 50.1 Å². The molecule has 1 atom stereocenters. The maximum atomic E-state index is 4.81. The molecular weight excluding hydrogens is 296 g/mol. The molecule has 136 valence electrons. The number of piperidine rings is 1. The highest BCUT2D eigenvalue weighted by molar-refractivity contribution is 5.05. The molecule has 1 aromatic heterocycles. The van der Waals surface area contributed by atoms with Crippen molar-refractivity contribution in [2.75, 3.05) is 32.7 Å². The summed E-state index contributed by atoms with van der Waals surface area (Å²) in [5, 5.41) is 0. The lowest BCUT2D eigenvalue weighted by Gasteiger charge is -2.41. The van der Waals surface area contributed by atoms with Gasteiger partial charge in [0.15, 0.2) is 0 Å². The number of likely N-dealkylation sites (tertiary alicyclic amines) is 1. The van der Waals surface area contributed by atoms with E-state index in [-0.39, 0.29) is 0 Å². The Morgan fingerprint density at radius 3 is 2.38 bits per heavy atom. The smallest absolute Gasteiger partial charge is 0.126 e. The van der Waals surface area contributed by atoms with Gasteiger partial charge >= 0.3 is 0 Å². The average Bonchev–Trinajstić information content (AvgIpc) is 2.90.